The molecule has 2 aromatic carbocycles. The Labute approximate surface area is 189 Å². The number of nitrogens with zero attached hydrogens (tertiary/aromatic N) is 1. The number of ether oxygens (including phenoxy) is 2. The third kappa shape index (κ3) is 4.72. The highest BCUT2D eigenvalue weighted by Crippen LogP contribution is 2.51. The van der Waals surface area contributed by atoms with E-state index < -0.39 is 0 Å². The zero-order valence-corrected chi connectivity index (χ0v) is 19.5. The third-order valence-electron chi connectivity index (χ3n) is 6.05. The number of fused-ring (bicyclic) bond motifs is 1. The van der Waals surface area contributed by atoms with Gasteiger partial charge in [-0.05, 0) is 61.7 Å². The van der Waals surface area contributed by atoms with Crippen LogP contribution in [0.4, 0.5) is 11.4 Å². The van der Waals surface area contributed by atoms with E-state index in [0.717, 1.165) is 23.2 Å². The van der Waals surface area contributed by atoms with Crippen LogP contribution < -0.4 is 20.7 Å². The molecule has 2 amide bonds. The molecule has 172 valence electrons. The average molecular weight is 440 g/mol. The predicted octanol–water partition coefficient (Wildman–Crippen LogP) is 3.25. The second-order valence-electron chi connectivity index (χ2n) is 9.11. The van der Waals surface area contributed by atoms with E-state index in [1.54, 1.807) is 14.0 Å². The number of methoxy groups -OCH3 is 1. The Morgan fingerprint density at radius 3 is 2.44 bits per heavy atom. The zero-order valence-electron chi connectivity index (χ0n) is 19.5. The van der Waals surface area contributed by atoms with Crippen molar-refractivity contribution in [3.05, 3.63) is 53.6 Å². The lowest BCUT2D eigenvalue weighted by Gasteiger charge is -2.51. The highest BCUT2D eigenvalue weighted by atomic mass is 16.5. The summed E-state index contributed by atoms with van der Waals surface area (Å²) in [6, 6.07) is 13.5. The molecule has 7 heteroatoms. The molecule has 1 aliphatic heterocycles. The second-order valence-corrected chi connectivity index (χ2v) is 9.11. The Bertz CT molecular complexity index is 987. The molecule has 0 aromatic heterocycles. The van der Waals surface area contributed by atoms with Crippen LogP contribution in [-0.4, -0.2) is 44.2 Å². The summed E-state index contributed by atoms with van der Waals surface area (Å²) in [7, 11) is 1.59. The van der Waals surface area contributed by atoms with E-state index in [2.05, 4.69) is 26.1 Å². The number of amides is 2. The number of nitrogens with two attached hydrogens (primary N) is 1. The van der Waals surface area contributed by atoms with Gasteiger partial charge in [0.15, 0.2) is 6.61 Å². The van der Waals surface area contributed by atoms with Crippen LogP contribution in [0.5, 0.6) is 5.75 Å². The Hall–Kier alpha value is -3.06. The van der Waals surface area contributed by atoms with E-state index in [1.807, 2.05) is 47.4 Å². The van der Waals surface area contributed by atoms with Gasteiger partial charge in [-0.25, -0.2) is 0 Å². The van der Waals surface area contributed by atoms with Crippen LogP contribution >= 0.6 is 0 Å². The predicted molar refractivity (Wildman–Crippen MR) is 126 cm³/mol. The van der Waals surface area contributed by atoms with Crippen molar-refractivity contribution in [3.8, 4) is 5.75 Å². The van der Waals surface area contributed by atoms with Crippen molar-refractivity contribution >= 4 is 23.2 Å². The molecule has 1 atom stereocenters. The van der Waals surface area contributed by atoms with Gasteiger partial charge in [0, 0.05) is 42.9 Å². The SMILES string of the molecule is COCCNC(=O)COc1ccc(C2(C)CC(C)(C)N(C(C)=O)c3ccc(N)cc32)cc1. The Morgan fingerprint density at radius 1 is 1.12 bits per heavy atom. The molecule has 1 heterocycles. The summed E-state index contributed by atoms with van der Waals surface area (Å²) in [5.41, 5.74) is 9.08. The number of rotatable bonds is 7. The van der Waals surface area contributed by atoms with Gasteiger partial charge in [-0.2, -0.15) is 0 Å². The van der Waals surface area contributed by atoms with Crippen molar-refractivity contribution in [2.24, 2.45) is 0 Å². The first-order valence-corrected chi connectivity index (χ1v) is 10.8. The maximum absolute atomic E-state index is 12.5. The normalized spacial score (nSPS) is 19.2. The number of nitrogens with one attached hydrogen (secondary N) is 1. The van der Waals surface area contributed by atoms with Gasteiger partial charge in [0.25, 0.3) is 5.91 Å². The summed E-state index contributed by atoms with van der Waals surface area (Å²) in [6.07, 6.45) is 0.734. The summed E-state index contributed by atoms with van der Waals surface area (Å²) in [4.78, 5) is 26.2. The lowest BCUT2D eigenvalue weighted by atomic mass is 9.65. The monoisotopic (exact) mass is 439 g/mol. The first-order valence-electron chi connectivity index (χ1n) is 10.8. The number of hydrogen-bond acceptors (Lipinski definition) is 5. The number of carbonyl (C=O) groups excluding carboxylic acids is 2. The molecule has 7 nitrogen and oxygen atoms in total. The highest BCUT2D eigenvalue weighted by molar-refractivity contribution is 5.95. The van der Waals surface area contributed by atoms with Gasteiger partial charge in [0.05, 0.1) is 6.61 Å². The van der Waals surface area contributed by atoms with Gasteiger partial charge in [-0.1, -0.05) is 19.1 Å². The van der Waals surface area contributed by atoms with Crippen LogP contribution in [0.2, 0.25) is 0 Å². The van der Waals surface area contributed by atoms with E-state index in [9.17, 15) is 9.59 Å². The average Bonchev–Trinajstić information content (AvgIpc) is 2.72. The van der Waals surface area contributed by atoms with Crippen LogP contribution in [0, 0.1) is 0 Å². The quantitative estimate of drug-likeness (QED) is 0.510. The molecular formula is C25H33N3O4. The molecule has 0 radical (unpaired) electrons. The molecule has 0 saturated heterocycles. The van der Waals surface area contributed by atoms with Gasteiger partial charge in [0.2, 0.25) is 5.91 Å². The van der Waals surface area contributed by atoms with Crippen LogP contribution in [0.25, 0.3) is 0 Å². The molecule has 0 fully saturated rings. The van der Waals surface area contributed by atoms with Crippen molar-refractivity contribution in [2.75, 3.05) is 37.5 Å². The van der Waals surface area contributed by atoms with Gasteiger partial charge < -0.3 is 25.4 Å². The summed E-state index contributed by atoms with van der Waals surface area (Å²) in [5.74, 6) is 0.434. The Morgan fingerprint density at radius 2 is 1.81 bits per heavy atom. The zero-order chi connectivity index (χ0) is 23.5. The van der Waals surface area contributed by atoms with Crippen molar-refractivity contribution in [3.63, 3.8) is 0 Å². The molecule has 0 spiro atoms. The molecule has 0 bridgehead atoms. The Balaban J connectivity index is 1.87. The van der Waals surface area contributed by atoms with Crippen molar-refractivity contribution in [1.82, 2.24) is 5.32 Å². The fourth-order valence-corrected chi connectivity index (χ4v) is 4.82. The number of carbonyl (C=O) groups is 2. The number of anilines is 2. The smallest absolute Gasteiger partial charge is 0.258 e. The van der Waals surface area contributed by atoms with Crippen LogP contribution in [0.3, 0.4) is 0 Å². The Kier molecular flexibility index (Phi) is 6.79. The molecule has 0 aliphatic carbocycles. The highest BCUT2D eigenvalue weighted by Gasteiger charge is 2.47. The third-order valence-corrected chi connectivity index (χ3v) is 6.05. The van der Waals surface area contributed by atoms with Crippen molar-refractivity contribution < 1.29 is 19.1 Å². The minimum absolute atomic E-state index is 0.00981. The van der Waals surface area contributed by atoms with E-state index >= 15 is 0 Å². The summed E-state index contributed by atoms with van der Waals surface area (Å²) >= 11 is 0. The molecule has 3 rings (SSSR count). The van der Waals surface area contributed by atoms with E-state index in [0.29, 0.717) is 24.6 Å². The van der Waals surface area contributed by atoms with Crippen molar-refractivity contribution in [1.29, 1.82) is 0 Å². The van der Waals surface area contributed by atoms with Gasteiger partial charge in [0.1, 0.15) is 5.75 Å². The summed E-state index contributed by atoms with van der Waals surface area (Å²) in [5, 5.41) is 2.73. The number of benzene rings is 2. The van der Waals surface area contributed by atoms with E-state index in [-0.39, 0.29) is 29.4 Å². The minimum atomic E-state index is -0.376. The fraction of sp³-hybridized carbons (Fsp3) is 0.440. The molecule has 1 unspecified atom stereocenters. The maximum Gasteiger partial charge on any atom is 0.258 e. The molecular weight excluding hydrogens is 406 g/mol. The van der Waals surface area contributed by atoms with Gasteiger partial charge in [-0.3, -0.25) is 9.59 Å². The van der Waals surface area contributed by atoms with Gasteiger partial charge >= 0.3 is 0 Å². The topological polar surface area (TPSA) is 93.9 Å². The molecule has 1 aliphatic rings. The standard InChI is InChI=1S/C25H33N3O4/c1-17(29)28-22-11-8-19(26)14-21(22)25(4,16-24(28,2)3)18-6-9-20(10-7-18)32-15-23(30)27-12-13-31-5/h6-11,14H,12-13,15-16,26H2,1-5H3,(H,27,30). The minimum Gasteiger partial charge on any atom is -0.484 e. The fourth-order valence-electron chi connectivity index (χ4n) is 4.82. The van der Waals surface area contributed by atoms with Crippen LogP contribution in [0.15, 0.2) is 42.5 Å². The van der Waals surface area contributed by atoms with E-state index in [1.165, 1.54) is 0 Å². The largest absolute Gasteiger partial charge is 0.484 e. The molecule has 2 aromatic rings. The molecule has 3 N–H and O–H groups in total. The number of nitrogen functional groups attached to an aromatic ring is 1. The van der Waals surface area contributed by atoms with Gasteiger partial charge in [-0.15, -0.1) is 0 Å². The lowest BCUT2D eigenvalue weighted by molar-refractivity contribution is -0.123. The second kappa shape index (κ2) is 9.20. The van der Waals surface area contributed by atoms with Crippen LogP contribution in [-0.2, 0) is 19.7 Å². The number of hydrogen-bond donors (Lipinski definition) is 2. The van der Waals surface area contributed by atoms with E-state index in [4.69, 9.17) is 15.2 Å². The lowest BCUT2D eigenvalue weighted by Crippen LogP contribution is -2.55. The summed E-state index contributed by atoms with van der Waals surface area (Å²) in [6.45, 7) is 8.82. The molecule has 32 heavy (non-hydrogen) atoms. The van der Waals surface area contributed by atoms with Crippen LogP contribution in [0.1, 0.15) is 45.2 Å². The van der Waals surface area contributed by atoms with Crippen molar-refractivity contribution in [2.45, 2.75) is 45.1 Å². The first-order chi connectivity index (χ1) is 15.1. The summed E-state index contributed by atoms with van der Waals surface area (Å²) < 4.78 is 10.5. The first kappa shape index (κ1) is 23.6. The molecule has 0 saturated carbocycles. The maximum atomic E-state index is 12.5.